The third-order valence-electron chi connectivity index (χ3n) is 4.35. The monoisotopic (exact) mass is 339 g/mol. The standard InChI is InChI=1S/C19H18FN3O2/c20-16-6-4-15(5-7-16)19(8-10-25-11-9-19)23-18(24)22-17-3-1-2-14(12-17)13-21/h1-7,12H,8-11H2,(H2,22,23,24). The van der Waals surface area contributed by atoms with Crippen LogP contribution in [0.2, 0.25) is 0 Å². The summed E-state index contributed by atoms with van der Waals surface area (Å²) in [7, 11) is 0. The predicted molar refractivity (Wildman–Crippen MR) is 91.4 cm³/mol. The topological polar surface area (TPSA) is 74.2 Å². The number of urea groups is 1. The molecule has 0 atom stereocenters. The van der Waals surface area contributed by atoms with E-state index in [2.05, 4.69) is 10.6 Å². The lowest BCUT2D eigenvalue weighted by molar-refractivity contribution is 0.0418. The van der Waals surface area contributed by atoms with Crippen molar-refractivity contribution < 1.29 is 13.9 Å². The average Bonchev–Trinajstić information content (AvgIpc) is 2.63. The fourth-order valence-corrected chi connectivity index (χ4v) is 3.02. The van der Waals surface area contributed by atoms with Crippen molar-refractivity contribution in [1.29, 1.82) is 5.26 Å². The van der Waals surface area contributed by atoms with Gasteiger partial charge < -0.3 is 15.4 Å². The van der Waals surface area contributed by atoms with Gasteiger partial charge in [-0.25, -0.2) is 9.18 Å². The molecule has 1 saturated heterocycles. The molecule has 25 heavy (non-hydrogen) atoms. The summed E-state index contributed by atoms with van der Waals surface area (Å²) in [6, 6.07) is 14.5. The van der Waals surface area contributed by atoms with Gasteiger partial charge in [0.25, 0.3) is 0 Å². The number of nitriles is 1. The Kier molecular flexibility index (Phi) is 4.96. The van der Waals surface area contributed by atoms with Gasteiger partial charge in [-0.05, 0) is 48.7 Å². The number of halogens is 1. The third-order valence-corrected chi connectivity index (χ3v) is 4.35. The summed E-state index contributed by atoms with van der Waals surface area (Å²) < 4.78 is 18.7. The molecule has 1 fully saturated rings. The summed E-state index contributed by atoms with van der Waals surface area (Å²) in [5, 5.41) is 14.7. The molecule has 1 aliphatic heterocycles. The molecule has 0 unspecified atom stereocenters. The van der Waals surface area contributed by atoms with Crippen molar-refractivity contribution >= 4 is 11.7 Å². The van der Waals surface area contributed by atoms with Crippen LogP contribution in [0.25, 0.3) is 0 Å². The van der Waals surface area contributed by atoms with E-state index in [9.17, 15) is 9.18 Å². The highest BCUT2D eigenvalue weighted by Gasteiger charge is 2.36. The molecule has 0 aromatic heterocycles. The van der Waals surface area contributed by atoms with Gasteiger partial charge in [-0.2, -0.15) is 5.26 Å². The fourth-order valence-electron chi connectivity index (χ4n) is 3.02. The number of hydrogen-bond donors (Lipinski definition) is 2. The van der Waals surface area contributed by atoms with Crippen molar-refractivity contribution in [1.82, 2.24) is 5.32 Å². The van der Waals surface area contributed by atoms with Crippen LogP contribution >= 0.6 is 0 Å². The van der Waals surface area contributed by atoms with E-state index >= 15 is 0 Å². The molecule has 0 spiro atoms. The van der Waals surface area contributed by atoms with E-state index < -0.39 is 5.54 Å². The number of rotatable bonds is 3. The number of ether oxygens (including phenoxy) is 1. The highest BCUT2D eigenvalue weighted by atomic mass is 19.1. The van der Waals surface area contributed by atoms with Gasteiger partial charge >= 0.3 is 6.03 Å². The van der Waals surface area contributed by atoms with Gasteiger partial charge in [0.1, 0.15) is 5.82 Å². The second-order valence-electron chi connectivity index (χ2n) is 5.97. The van der Waals surface area contributed by atoms with Gasteiger partial charge in [0.05, 0.1) is 17.2 Å². The van der Waals surface area contributed by atoms with E-state index in [0.717, 1.165) is 5.56 Å². The van der Waals surface area contributed by atoms with Crippen molar-refractivity contribution in [3.05, 3.63) is 65.5 Å². The molecule has 2 amide bonds. The largest absolute Gasteiger partial charge is 0.381 e. The molecular weight excluding hydrogens is 321 g/mol. The Labute approximate surface area is 145 Å². The summed E-state index contributed by atoms with van der Waals surface area (Å²) in [6.07, 6.45) is 1.20. The van der Waals surface area contributed by atoms with E-state index in [1.165, 1.54) is 12.1 Å². The Bertz CT molecular complexity index is 793. The van der Waals surface area contributed by atoms with Gasteiger partial charge in [-0.15, -0.1) is 0 Å². The first-order chi connectivity index (χ1) is 12.1. The Balaban J connectivity index is 1.79. The molecule has 2 aromatic rings. The minimum atomic E-state index is -0.608. The molecule has 6 heteroatoms. The zero-order valence-corrected chi connectivity index (χ0v) is 13.6. The molecule has 0 saturated carbocycles. The maximum Gasteiger partial charge on any atom is 0.319 e. The average molecular weight is 339 g/mol. The molecule has 1 aliphatic rings. The first-order valence-corrected chi connectivity index (χ1v) is 8.04. The zero-order valence-electron chi connectivity index (χ0n) is 13.6. The molecule has 0 aliphatic carbocycles. The summed E-state index contributed by atoms with van der Waals surface area (Å²) in [6.45, 7) is 1.03. The highest BCUT2D eigenvalue weighted by Crippen LogP contribution is 2.32. The van der Waals surface area contributed by atoms with Gasteiger partial charge in [0.2, 0.25) is 0 Å². The van der Waals surface area contributed by atoms with Crippen molar-refractivity contribution in [3.63, 3.8) is 0 Å². The molecule has 5 nitrogen and oxygen atoms in total. The minimum absolute atomic E-state index is 0.316. The molecule has 128 valence electrons. The second-order valence-corrected chi connectivity index (χ2v) is 5.97. The summed E-state index contributed by atoms with van der Waals surface area (Å²) in [5.74, 6) is -0.316. The molecule has 2 N–H and O–H groups in total. The Morgan fingerprint density at radius 3 is 2.56 bits per heavy atom. The molecule has 1 heterocycles. The van der Waals surface area contributed by atoms with Crippen LogP contribution in [0.15, 0.2) is 48.5 Å². The number of carbonyl (C=O) groups excluding carboxylic acids is 1. The van der Waals surface area contributed by atoms with Crippen LogP contribution in [0.1, 0.15) is 24.0 Å². The lowest BCUT2D eigenvalue weighted by atomic mass is 9.83. The number of nitrogens with one attached hydrogen (secondary N) is 2. The minimum Gasteiger partial charge on any atom is -0.381 e. The van der Waals surface area contributed by atoms with Crippen LogP contribution < -0.4 is 10.6 Å². The van der Waals surface area contributed by atoms with E-state index in [-0.39, 0.29) is 11.8 Å². The Morgan fingerprint density at radius 1 is 1.16 bits per heavy atom. The molecular formula is C19H18FN3O2. The maximum absolute atomic E-state index is 13.2. The first-order valence-electron chi connectivity index (χ1n) is 8.04. The van der Waals surface area contributed by atoms with E-state index in [1.54, 1.807) is 36.4 Å². The van der Waals surface area contributed by atoms with Gasteiger partial charge in [0, 0.05) is 18.9 Å². The van der Waals surface area contributed by atoms with Crippen LogP contribution in [-0.2, 0) is 10.3 Å². The number of anilines is 1. The normalized spacial score (nSPS) is 15.8. The zero-order chi connectivity index (χ0) is 17.7. The quantitative estimate of drug-likeness (QED) is 0.898. The third kappa shape index (κ3) is 3.95. The van der Waals surface area contributed by atoms with Crippen LogP contribution in [0, 0.1) is 17.1 Å². The SMILES string of the molecule is N#Cc1cccc(NC(=O)NC2(c3ccc(F)cc3)CCOCC2)c1. The lowest BCUT2D eigenvalue weighted by Crippen LogP contribution is -2.50. The van der Waals surface area contributed by atoms with E-state index in [1.807, 2.05) is 6.07 Å². The first kappa shape index (κ1) is 16.9. The number of carbonyl (C=O) groups is 1. The molecule has 0 radical (unpaired) electrons. The van der Waals surface area contributed by atoms with Crippen molar-refractivity contribution in [2.45, 2.75) is 18.4 Å². The number of benzene rings is 2. The number of nitrogens with zero attached hydrogens (tertiary/aromatic N) is 1. The summed E-state index contributed by atoms with van der Waals surface area (Å²) >= 11 is 0. The van der Waals surface area contributed by atoms with Crippen molar-refractivity contribution in [2.24, 2.45) is 0 Å². The van der Waals surface area contributed by atoms with Crippen LogP contribution in [0.4, 0.5) is 14.9 Å². The summed E-state index contributed by atoms with van der Waals surface area (Å²) in [5.41, 5.74) is 1.25. The Morgan fingerprint density at radius 2 is 1.88 bits per heavy atom. The van der Waals surface area contributed by atoms with Crippen molar-refractivity contribution in [3.8, 4) is 6.07 Å². The predicted octanol–water partition coefficient (Wildman–Crippen LogP) is 3.52. The van der Waals surface area contributed by atoms with Crippen molar-refractivity contribution in [2.75, 3.05) is 18.5 Å². The van der Waals surface area contributed by atoms with E-state index in [0.29, 0.717) is 37.3 Å². The number of hydrogen-bond acceptors (Lipinski definition) is 3. The highest BCUT2D eigenvalue weighted by molar-refractivity contribution is 5.90. The summed E-state index contributed by atoms with van der Waals surface area (Å²) in [4.78, 5) is 12.5. The second kappa shape index (κ2) is 7.32. The molecule has 0 bridgehead atoms. The van der Waals surface area contributed by atoms with Crippen LogP contribution in [-0.4, -0.2) is 19.2 Å². The van der Waals surface area contributed by atoms with Crippen LogP contribution in [0.5, 0.6) is 0 Å². The lowest BCUT2D eigenvalue weighted by Gasteiger charge is -2.38. The molecule has 2 aromatic carbocycles. The number of amides is 2. The fraction of sp³-hybridized carbons (Fsp3) is 0.263. The van der Waals surface area contributed by atoms with Gasteiger partial charge in [0.15, 0.2) is 0 Å². The van der Waals surface area contributed by atoms with Crippen LogP contribution in [0.3, 0.4) is 0 Å². The van der Waals surface area contributed by atoms with E-state index in [4.69, 9.17) is 10.00 Å². The van der Waals surface area contributed by atoms with Gasteiger partial charge in [-0.3, -0.25) is 0 Å². The Hall–Kier alpha value is -2.91. The maximum atomic E-state index is 13.2. The van der Waals surface area contributed by atoms with Gasteiger partial charge in [-0.1, -0.05) is 18.2 Å². The smallest absolute Gasteiger partial charge is 0.319 e. The molecule has 3 rings (SSSR count).